The van der Waals surface area contributed by atoms with Crippen LogP contribution in [0.5, 0.6) is 11.5 Å². The summed E-state index contributed by atoms with van der Waals surface area (Å²) in [6.45, 7) is 11.3. The lowest BCUT2D eigenvalue weighted by atomic mass is 9.78. The van der Waals surface area contributed by atoms with Crippen LogP contribution in [0.25, 0.3) is 0 Å². The van der Waals surface area contributed by atoms with Gasteiger partial charge in [0.2, 0.25) is 0 Å². The monoisotopic (exact) mass is 336 g/mol. The van der Waals surface area contributed by atoms with Gasteiger partial charge >= 0.3 is 0 Å². The zero-order valence-corrected chi connectivity index (χ0v) is 15.7. The molecule has 3 heteroatoms. The molecule has 2 aromatic rings. The van der Waals surface area contributed by atoms with E-state index in [-0.39, 0.29) is 10.8 Å². The van der Waals surface area contributed by atoms with Gasteiger partial charge in [-0.3, -0.25) is 0 Å². The highest BCUT2D eigenvalue weighted by Crippen LogP contribution is 2.41. The first-order chi connectivity index (χ1) is 11.9. The minimum absolute atomic E-state index is 0.182. The maximum atomic E-state index is 6.24. The van der Waals surface area contributed by atoms with Crippen LogP contribution in [0.3, 0.4) is 0 Å². The number of fused-ring (bicyclic) bond motifs is 2. The van der Waals surface area contributed by atoms with Crippen LogP contribution >= 0.6 is 0 Å². The Morgan fingerprint density at radius 3 is 1.60 bits per heavy atom. The van der Waals surface area contributed by atoms with E-state index in [1.807, 2.05) is 0 Å². The Labute approximate surface area is 150 Å². The Morgan fingerprint density at radius 2 is 1.16 bits per heavy atom. The fraction of sp³-hybridized carbons (Fsp3) is 0.455. The van der Waals surface area contributed by atoms with E-state index in [1.165, 1.54) is 22.5 Å². The number of hydrogen-bond donors (Lipinski definition) is 2. The maximum Gasteiger partial charge on any atom is 0.127 e. The average molecular weight is 336 g/mol. The predicted molar refractivity (Wildman–Crippen MR) is 105 cm³/mol. The van der Waals surface area contributed by atoms with Crippen molar-refractivity contribution >= 4 is 11.4 Å². The summed E-state index contributed by atoms with van der Waals surface area (Å²) in [6.07, 6.45) is 2.28. The van der Waals surface area contributed by atoms with Crippen LogP contribution < -0.4 is 15.4 Å². The fourth-order valence-electron chi connectivity index (χ4n) is 4.03. The molecule has 0 saturated carbocycles. The van der Waals surface area contributed by atoms with Crippen LogP contribution in [0.1, 0.15) is 51.7 Å². The first-order valence-electron chi connectivity index (χ1n) is 9.30. The van der Waals surface area contributed by atoms with Gasteiger partial charge in [-0.05, 0) is 71.2 Å². The molecule has 132 valence electrons. The van der Waals surface area contributed by atoms with Gasteiger partial charge in [-0.1, -0.05) is 27.7 Å². The SMILES string of the molecule is CC1(C)CCNc2ccc(Oc3ccc4c(c3)C(C)(C)CCN4)cc21. The Kier molecular flexibility index (Phi) is 3.71. The van der Waals surface area contributed by atoms with Gasteiger partial charge in [-0.2, -0.15) is 0 Å². The minimum atomic E-state index is 0.182. The fourth-order valence-corrected chi connectivity index (χ4v) is 4.03. The molecule has 0 atom stereocenters. The van der Waals surface area contributed by atoms with Gasteiger partial charge < -0.3 is 15.4 Å². The Hall–Kier alpha value is -2.16. The zero-order valence-electron chi connectivity index (χ0n) is 15.7. The second-order valence-corrected chi connectivity index (χ2v) is 8.64. The summed E-state index contributed by atoms with van der Waals surface area (Å²) in [5, 5.41) is 6.99. The van der Waals surface area contributed by atoms with Crippen molar-refractivity contribution in [1.82, 2.24) is 0 Å². The van der Waals surface area contributed by atoms with E-state index in [2.05, 4.69) is 74.7 Å². The number of rotatable bonds is 2. The molecule has 0 spiro atoms. The van der Waals surface area contributed by atoms with E-state index >= 15 is 0 Å². The van der Waals surface area contributed by atoms with Crippen LogP contribution in [0, 0.1) is 0 Å². The zero-order chi connectivity index (χ0) is 17.7. The summed E-state index contributed by atoms with van der Waals surface area (Å²) in [5.41, 5.74) is 5.52. The molecule has 2 aliphatic rings. The van der Waals surface area contributed by atoms with E-state index in [4.69, 9.17) is 4.74 Å². The molecule has 0 saturated heterocycles. The van der Waals surface area contributed by atoms with Gasteiger partial charge in [0.05, 0.1) is 0 Å². The summed E-state index contributed by atoms with van der Waals surface area (Å²) in [5.74, 6) is 1.83. The molecule has 2 heterocycles. The number of nitrogens with one attached hydrogen (secondary N) is 2. The van der Waals surface area contributed by atoms with Crippen molar-refractivity contribution in [3.05, 3.63) is 47.5 Å². The lowest BCUT2D eigenvalue weighted by molar-refractivity contribution is 0.454. The summed E-state index contributed by atoms with van der Waals surface area (Å²) in [6, 6.07) is 12.8. The van der Waals surface area contributed by atoms with E-state index in [9.17, 15) is 0 Å². The molecule has 0 aromatic heterocycles. The van der Waals surface area contributed by atoms with Gasteiger partial charge in [0.25, 0.3) is 0 Å². The lowest BCUT2D eigenvalue weighted by Crippen LogP contribution is -2.28. The quantitative estimate of drug-likeness (QED) is 0.742. The van der Waals surface area contributed by atoms with Crippen LogP contribution in [-0.2, 0) is 10.8 Å². The van der Waals surface area contributed by atoms with Gasteiger partial charge in [0.1, 0.15) is 11.5 Å². The smallest absolute Gasteiger partial charge is 0.127 e. The van der Waals surface area contributed by atoms with Crippen molar-refractivity contribution in [3.8, 4) is 11.5 Å². The third-order valence-electron chi connectivity index (χ3n) is 5.81. The van der Waals surface area contributed by atoms with Gasteiger partial charge in [-0.25, -0.2) is 0 Å². The molecule has 2 N–H and O–H groups in total. The van der Waals surface area contributed by atoms with Crippen molar-refractivity contribution in [2.75, 3.05) is 23.7 Å². The molecule has 25 heavy (non-hydrogen) atoms. The van der Waals surface area contributed by atoms with E-state index in [0.29, 0.717) is 0 Å². The van der Waals surface area contributed by atoms with Crippen molar-refractivity contribution in [3.63, 3.8) is 0 Å². The van der Waals surface area contributed by atoms with Crippen LogP contribution in [0.4, 0.5) is 11.4 Å². The van der Waals surface area contributed by atoms with Crippen LogP contribution in [-0.4, -0.2) is 13.1 Å². The van der Waals surface area contributed by atoms with Crippen LogP contribution in [0.2, 0.25) is 0 Å². The Bertz CT molecular complexity index is 740. The molecule has 0 unspecified atom stereocenters. The molecule has 3 nitrogen and oxygen atoms in total. The summed E-state index contributed by atoms with van der Waals surface area (Å²) < 4.78 is 6.24. The minimum Gasteiger partial charge on any atom is -0.457 e. The number of hydrogen-bond acceptors (Lipinski definition) is 3. The van der Waals surface area contributed by atoms with E-state index in [0.717, 1.165) is 37.4 Å². The first kappa shape index (κ1) is 16.3. The van der Waals surface area contributed by atoms with Gasteiger partial charge in [0, 0.05) is 24.5 Å². The van der Waals surface area contributed by atoms with Crippen LogP contribution in [0.15, 0.2) is 36.4 Å². The number of anilines is 2. The van der Waals surface area contributed by atoms with Gasteiger partial charge in [-0.15, -0.1) is 0 Å². The molecular weight excluding hydrogens is 308 g/mol. The highest BCUT2D eigenvalue weighted by atomic mass is 16.5. The second kappa shape index (κ2) is 5.69. The van der Waals surface area contributed by atoms with E-state index < -0.39 is 0 Å². The largest absolute Gasteiger partial charge is 0.457 e. The molecule has 0 radical (unpaired) electrons. The summed E-state index contributed by atoms with van der Waals surface area (Å²) in [7, 11) is 0. The van der Waals surface area contributed by atoms with Crippen molar-refractivity contribution in [1.29, 1.82) is 0 Å². The molecule has 4 rings (SSSR count). The number of ether oxygens (including phenoxy) is 1. The van der Waals surface area contributed by atoms with Crippen molar-refractivity contribution < 1.29 is 4.74 Å². The highest BCUT2D eigenvalue weighted by Gasteiger charge is 2.29. The molecule has 2 aliphatic heterocycles. The number of benzene rings is 2. The normalized spacial score (nSPS) is 19.8. The standard InChI is InChI=1S/C22H28N2O/c1-21(2)9-11-23-19-7-5-15(13-17(19)21)25-16-6-8-20-18(14-16)22(3,4)10-12-24-20/h5-8,13-14,23-24H,9-12H2,1-4H3. The summed E-state index contributed by atoms with van der Waals surface area (Å²) in [4.78, 5) is 0. The third-order valence-corrected chi connectivity index (χ3v) is 5.81. The topological polar surface area (TPSA) is 33.3 Å². The average Bonchev–Trinajstić information content (AvgIpc) is 2.56. The predicted octanol–water partition coefficient (Wildman–Crippen LogP) is 5.67. The Balaban J connectivity index is 1.65. The van der Waals surface area contributed by atoms with Gasteiger partial charge in [0.15, 0.2) is 0 Å². The molecule has 0 bridgehead atoms. The molecular formula is C22H28N2O. The van der Waals surface area contributed by atoms with Crippen molar-refractivity contribution in [2.45, 2.75) is 51.4 Å². The molecule has 0 aliphatic carbocycles. The lowest BCUT2D eigenvalue weighted by Gasteiger charge is -2.34. The molecule has 2 aromatic carbocycles. The van der Waals surface area contributed by atoms with Crippen molar-refractivity contribution in [2.24, 2.45) is 0 Å². The van der Waals surface area contributed by atoms with E-state index in [1.54, 1.807) is 0 Å². The molecule has 0 amide bonds. The Morgan fingerprint density at radius 1 is 0.720 bits per heavy atom. The third kappa shape index (κ3) is 2.97. The maximum absolute atomic E-state index is 6.24. The molecule has 0 fully saturated rings. The highest BCUT2D eigenvalue weighted by molar-refractivity contribution is 5.61. The first-order valence-corrected chi connectivity index (χ1v) is 9.30. The summed E-state index contributed by atoms with van der Waals surface area (Å²) >= 11 is 0. The second-order valence-electron chi connectivity index (χ2n) is 8.64.